The topological polar surface area (TPSA) is 37.3 Å². The number of carbonyl (C=O) groups is 1. The monoisotopic (exact) mass is 311 g/mol. The van der Waals surface area contributed by atoms with Crippen LogP contribution in [0.1, 0.15) is 43.3 Å². The van der Waals surface area contributed by atoms with Crippen LogP contribution >= 0.6 is 0 Å². The molecular weight excluding hydrogens is 286 g/mol. The fourth-order valence-electron chi connectivity index (χ4n) is 3.52. The quantitative estimate of drug-likeness (QED) is 0.898. The summed E-state index contributed by atoms with van der Waals surface area (Å²) >= 11 is 0. The molecule has 1 aromatic carbocycles. The molecule has 1 unspecified atom stereocenters. The lowest BCUT2D eigenvalue weighted by Crippen LogP contribution is -2.44. The number of aromatic nitrogens is 1. The second-order valence-electron chi connectivity index (χ2n) is 6.11. The number of fused-ring (bicyclic) bond motifs is 1. The summed E-state index contributed by atoms with van der Waals surface area (Å²) in [4.78, 5) is 14.8. The Morgan fingerprint density at radius 3 is 2.70 bits per heavy atom. The highest BCUT2D eigenvalue weighted by molar-refractivity contribution is 5.90. The van der Waals surface area contributed by atoms with Crippen LogP contribution in [0.3, 0.4) is 0 Å². The molecule has 0 bridgehead atoms. The van der Waals surface area contributed by atoms with Crippen molar-refractivity contribution in [1.29, 1.82) is 0 Å². The van der Waals surface area contributed by atoms with Crippen molar-refractivity contribution in [2.75, 3.05) is 11.9 Å². The van der Waals surface area contributed by atoms with Crippen molar-refractivity contribution in [1.82, 2.24) is 9.47 Å². The molecule has 1 atom stereocenters. The van der Waals surface area contributed by atoms with Gasteiger partial charge >= 0.3 is 6.03 Å². The molecule has 3 rings (SSSR count). The number of amides is 2. The number of anilines is 1. The van der Waals surface area contributed by atoms with Crippen molar-refractivity contribution in [3.8, 4) is 0 Å². The number of hydrogen-bond donors (Lipinski definition) is 1. The summed E-state index contributed by atoms with van der Waals surface area (Å²) in [5.74, 6) is 0. The van der Waals surface area contributed by atoms with E-state index >= 15 is 0 Å². The lowest BCUT2D eigenvalue weighted by atomic mass is 10.1. The average molecular weight is 311 g/mol. The van der Waals surface area contributed by atoms with Crippen LogP contribution < -0.4 is 5.32 Å². The van der Waals surface area contributed by atoms with Crippen LogP contribution in [-0.4, -0.2) is 22.0 Å². The summed E-state index contributed by atoms with van der Waals surface area (Å²) < 4.78 is 2.33. The third-order valence-electron chi connectivity index (χ3n) is 4.80. The third-order valence-corrected chi connectivity index (χ3v) is 4.80. The van der Waals surface area contributed by atoms with Gasteiger partial charge in [-0.3, -0.25) is 0 Å². The molecule has 1 aliphatic heterocycles. The van der Waals surface area contributed by atoms with Crippen LogP contribution in [0.25, 0.3) is 0 Å². The first-order valence-corrected chi connectivity index (χ1v) is 8.47. The number of hydrogen-bond acceptors (Lipinski definition) is 1. The van der Waals surface area contributed by atoms with Gasteiger partial charge < -0.3 is 14.8 Å². The van der Waals surface area contributed by atoms with E-state index in [0.717, 1.165) is 31.6 Å². The molecule has 0 aliphatic carbocycles. The first-order valence-electron chi connectivity index (χ1n) is 8.47. The standard InChI is InChI=1S/C19H25N3O/c1-4-15-8-6-7-9-16(15)20-19(23)22-13-12-21-14(3)10-11-18(21)17(22)5-2/h6-11,17H,4-5,12-13H2,1-3H3,(H,20,23). The van der Waals surface area contributed by atoms with Gasteiger partial charge in [-0.25, -0.2) is 4.79 Å². The third kappa shape index (κ3) is 2.85. The first-order chi connectivity index (χ1) is 11.2. The molecule has 0 fully saturated rings. The molecular formula is C19H25N3O. The Morgan fingerprint density at radius 2 is 1.96 bits per heavy atom. The Morgan fingerprint density at radius 1 is 1.17 bits per heavy atom. The molecule has 0 saturated carbocycles. The number of para-hydroxylation sites is 1. The van der Waals surface area contributed by atoms with Crippen molar-refractivity contribution < 1.29 is 4.79 Å². The molecule has 1 aromatic heterocycles. The van der Waals surface area contributed by atoms with Crippen LogP contribution in [-0.2, 0) is 13.0 Å². The minimum atomic E-state index is 0.00264. The van der Waals surface area contributed by atoms with Crippen LogP contribution in [0.2, 0.25) is 0 Å². The van der Waals surface area contributed by atoms with Gasteiger partial charge in [-0.1, -0.05) is 32.0 Å². The first kappa shape index (κ1) is 15.7. The van der Waals surface area contributed by atoms with E-state index in [0.29, 0.717) is 0 Å². The van der Waals surface area contributed by atoms with E-state index in [1.807, 2.05) is 23.1 Å². The van der Waals surface area contributed by atoms with E-state index < -0.39 is 0 Å². The number of rotatable bonds is 3. The van der Waals surface area contributed by atoms with Crippen molar-refractivity contribution in [2.45, 2.75) is 46.2 Å². The summed E-state index contributed by atoms with van der Waals surface area (Å²) in [6.45, 7) is 8.00. The number of carbonyl (C=O) groups excluding carboxylic acids is 1. The molecule has 0 saturated heterocycles. The predicted octanol–water partition coefficient (Wildman–Crippen LogP) is 4.36. The van der Waals surface area contributed by atoms with E-state index in [-0.39, 0.29) is 12.1 Å². The zero-order valence-corrected chi connectivity index (χ0v) is 14.2. The van der Waals surface area contributed by atoms with E-state index in [1.54, 1.807) is 0 Å². The van der Waals surface area contributed by atoms with Gasteiger partial charge in [-0.15, -0.1) is 0 Å². The second kappa shape index (κ2) is 6.49. The zero-order chi connectivity index (χ0) is 16.4. The van der Waals surface area contributed by atoms with Gasteiger partial charge in [-0.05, 0) is 43.5 Å². The maximum absolute atomic E-state index is 12.8. The van der Waals surface area contributed by atoms with Gasteiger partial charge in [0.25, 0.3) is 0 Å². The molecule has 0 spiro atoms. The maximum Gasteiger partial charge on any atom is 0.322 e. The number of nitrogens with zero attached hydrogens (tertiary/aromatic N) is 2. The van der Waals surface area contributed by atoms with Gasteiger partial charge in [0, 0.05) is 30.2 Å². The summed E-state index contributed by atoms with van der Waals surface area (Å²) in [6, 6.07) is 12.5. The SMILES string of the molecule is CCc1ccccc1NC(=O)N1CCn2c(C)ccc2C1CC. The van der Waals surface area contributed by atoms with Gasteiger partial charge in [0.1, 0.15) is 0 Å². The summed E-state index contributed by atoms with van der Waals surface area (Å²) in [6.07, 6.45) is 1.84. The van der Waals surface area contributed by atoms with Crippen molar-refractivity contribution in [3.05, 3.63) is 53.3 Å². The van der Waals surface area contributed by atoms with Gasteiger partial charge in [0.15, 0.2) is 0 Å². The molecule has 0 radical (unpaired) electrons. The lowest BCUT2D eigenvalue weighted by Gasteiger charge is -2.37. The zero-order valence-electron chi connectivity index (χ0n) is 14.2. The molecule has 4 heteroatoms. The van der Waals surface area contributed by atoms with Crippen LogP contribution in [0.4, 0.5) is 10.5 Å². The smallest absolute Gasteiger partial charge is 0.322 e. The fraction of sp³-hybridized carbons (Fsp3) is 0.421. The van der Waals surface area contributed by atoms with Gasteiger partial charge in [0.2, 0.25) is 0 Å². The number of aryl methyl sites for hydroxylation is 2. The van der Waals surface area contributed by atoms with Gasteiger partial charge in [0.05, 0.1) is 6.04 Å². The molecule has 2 amide bonds. The second-order valence-corrected chi connectivity index (χ2v) is 6.11. The largest absolute Gasteiger partial charge is 0.345 e. The maximum atomic E-state index is 12.8. The molecule has 122 valence electrons. The average Bonchev–Trinajstić information content (AvgIpc) is 2.95. The Kier molecular flexibility index (Phi) is 4.42. The van der Waals surface area contributed by atoms with E-state index in [9.17, 15) is 4.79 Å². The van der Waals surface area contributed by atoms with E-state index in [4.69, 9.17) is 0 Å². The Bertz CT molecular complexity index is 704. The van der Waals surface area contributed by atoms with Crippen LogP contribution in [0, 0.1) is 6.92 Å². The Balaban J connectivity index is 1.82. The number of urea groups is 1. The highest BCUT2D eigenvalue weighted by Gasteiger charge is 2.30. The fourth-order valence-corrected chi connectivity index (χ4v) is 3.52. The van der Waals surface area contributed by atoms with Crippen molar-refractivity contribution in [3.63, 3.8) is 0 Å². The summed E-state index contributed by atoms with van der Waals surface area (Å²) in [5, 5.41) is 3.11. The molecule has 23 heavy (non-hydrogen) atoms. The molecule has 1 aliphatic rings. The lowest BCUT2D eigenvalue weighted by molar-refractivity contribution is 0.165. The molecule has 2 aromatic rings. The van der Waals surface area contributed by atoms with E-state index in [2.05, 4.69) is 48.9 Å². The highest BCUT2D eigenvalue weighted by atomic mass is 16.2. The van der Waals surface area contributed by atoms with Crippen LogP contribution in [0.15, 0.2) is 36.4 Å². The summed E-state index contributed by atoms with van der Waals surface area (Å²) in [7, 11) is 0. The number of nitrogens with one attached hydrogen (secondary N) is 1. The predicted molar refractivity (Wildman–Crippen MR) is 93.7 cm³/mol. The Hall–Kier alpha value is -2.23. The summed E-state index contributed by atoms with van der Waals surface area (Å²) in [5.41, 5.74) is 4.61. The van der Waals surface area contributed by atoms with Crippen molar-refractivity contribution >= 4 is 11.7 Å². The Labute approximate surface area is 138 Å². The minimum Gasteiger partial charge on any atom is -0.345 e. The number of benzene rings is 1. The van der Waals surface area contributed by atoms with Gasteiger partial charge in [-0.2, -0.15) is 0 Å². The molecule has 2 heterocycles. The van der Waals surface area contributed by atoms with Crippen molar-refractivity contribution in [2.24, 2.45) is 0 Å². The highest BCUT2D eigenvalue weighted by Crippen LogP contribution is 2.31. The normalized spacial score (nSPS) is 17.0. The molecule has 4 nitrogen and oxygen atoms in total. The van der Waals surface area contributed by atoms with E-state index in [1.165, 1.54) is 17.0 Å². The van der Waals surface area contributed by atoms with Crippen LogP contribution in [0.5, 0.6) is 0 Å². The molecule has 1 N–H and O–H groups in total. The minimum absolute atomic E-state index is 0.00264.